The van der Waals surface area contributed by atoms with E-state index in [1.54, 1.807) is 30.3 Å². The summed E-state index contributed by atoms with van der Waals surface area (Å²) >= 11 is 0. The van der Waals surface area contributed by atoms with E-state index in [4.69, 9.17) is 0 Å². The maximum atomic E-state index is 12.5. The Kier molecular flexibility index (Phi) is 6.13. The number of hydrogen-bond donors (Lipinski definition) is 0. The van der Waals surface area contributed by atoms with E-state index in [1.165, 1.54) is 0 Å². The quantitative estimate of drug-likeness (QED) is 0.285. The Morgan fingerprint density at radius 1 is 0.935 bits per heavy atom. The molecule has 0 atom stereocenters. The first-order chi connectivity index (χ1) is 15.1. The van der Waals surface area contributed by atoms with Gasteiger partial charge in [-0.05, 0) is 55.0 Å². The number of nitro groups is 1. The second kappa shape index (κ2) is 9.31. The van der Waals surface area contributed by atoms with E-state index in [-0.39, 0.29) is 16.4 Å². The third kappa shape index (κ3) is 5.01. The fraction of sp³-hybridized carbons (Fsp3) is 0.240. The number of anilines is 2. The molecule has 6 heteroatoms. The van der Waals surface area contributed by atoms with Crippen molar-refractivity contribution in [2.24, 2.45) is 0 Å². The van der Waals surface area contributed by atoms with Crippen LogP contribution in [0, 0.1) is 10.1 Å². The molecule has 0 spiro atoms. The van der Waals surface area contributed by atoms with Crippen LogP contribution in [0.2, 0.25) is 0 Å². The van der Waals surface area contributed by atoms with Crippen molar-refractivity contribution in [3.05, 3.63) is 99.5 Å². The van der Waals surface area contributed by atoms with Gasteiger partial charge in [-0.3, -0.25) is 14.9 Å². The number of ketones is 1. The molecular formula is C25H23N3O3. The van der Waals surface area contributed by atoms with Gasteiger partial charge in [0, 0.05) is 67.2 Å². The van der Waals surface area contributed by atoms with E-state index in [2.05, 4.69) is 21.3 Å². The molecule has 0 aromatic heterocycles. The van der Waals surface area contributed by atoms with Crippen molar-refractivity contribution < 1.29 is 9.72 Å². The number of rotatable bonds is 7. The molecule has 2 aromatic rings. The molecule has 4 rings (SSSR count). The van der Waals surface area contributed by atoms with Crippen LogP contribution in [0.3, 0.4) is 0 Å². The van der Waals surface area contributed by atoms with E-state index in [9.17, 15) is 14.9 Å². The zero-order valence-electron chi connectivity index (χ0n) is 17.2. The third-order valence-electron chi connectivity index (χ3n) is 5.59. The molecule has 2 aromatic carbocycles. The summed E-state index contributed by atoms with van der Waals surface area (Å²) in [5.41, 5.74) is 9.89. The zero-order valence-corrected chi connectivity index (χ0v) is 17.2. The van der Waals surface area contributed by atoms with Gasteiger partial charge in [0.25, 0.3) is 5.69 Å². The molecule has 0 radical (unpaired) electrons. The van der Waals surface area contributed by atoms with Gasteiger partial charge in [0.15, 0.2) is 5.78 Å². The van der Waals surface area contributed by atoms with Crippen molar-refractivity contribution in [2.75, 3.05) is 36.0 Å². The smallest absolute Gasteiger partial charge is 0.269 e. The number of carbonyl (C=O) groups excluding carboxylic acids is 1. The summed E-state index contributed by atoms with van der Waals surface area (Å²) in [6.07, 6.45) is 6.80. The molecule has 1 saturated heterocycles. The van der Waals surface area contributed by atoms with Crippen molar-refractivity contribution in [1.82, 2.24) is 0 Å². The van der Waals surface area contributed by atoms with E-state index >= 15 is 0 Å². The van der Waals surface area contributed by atoms with Gasteiger partial charge >= 0.3 is 0 Å². The SMILES string of the molecule is O=C(CCC1=C=C=CC=C1)c1ccc(N2CCN(c3ccc([N+](=O)[O-])cc3)CC2)cc1. The fourth-order valence-electron chi connectivity index (χ4n) is 3.79. The van der Waals surface area contributed by atoms with Crippen LogP contribution >= 0.6 is 0 Å². The Bertz CT molecular complexity index is 1100. The van der Waals surface area contributed by atoms with E-state index < -0.39 is 0 Å². The minimum Gasteiger partial charge on any atom is -0.368 e. The summed E-state index contributed by atoms with van der Waals surface area (Å²) in [4.78, 5) is 27.5. The normalized spacial score (nSPS) is 15.2. The number of nitrogens with zero attached hydrogens (tertiary/aromatic N) is 3. The van der Waals surface area contributed by atoms with Crippen LogP contribution < -0.4 is 9.80 Å². The van der Waals surface area contributed by atoms with Crippen molar-refractivity contribution in [3.8, 4) is 0 Å². The average Bonchev–Trinajstić information content (AvgIpc) is 2.83. The maximum Gasteiger partial charge on any atom is 0.269 e. The highest BCUT2D eigenvalue weighted by Gasteiger charge is 2.18. The summed E-state index contributed by atoms with van der Waals surface area (Å²) in [6, 6.07) is 14.5. The van der Waals surface area contributed by atoms with Crippen LogP contribution in [0.4, 0.5) is 17.1 Å². The minimum absolute atomic E-state index is 0.109. The number of nitro benzene ring substituents is 1. The van der Waals surface area contributed by atoms with Crippen molar-refractivity contribution in [1.29, 1.82) is 0 Å². The second-order valence-corrected chi connectivity index (χ2v) is 7.54. The number of non-ortho nitro benzene ring substituents is 1. The van der Waals surface area contributed by atoms with Gasteiger partial charge in [-0.25, -0.2) is 0 Å². The summed E-state index contributed by atoms with van der Waals surface area (Å²) in [6.45, 7) is 3.38. The molecule has 0 amide bonds. The van der Waals surface area contributed by atoms with Crippen molar-refractivity contribution in [2.45, 2.75) is 12.8 Å². The molecule has 6 nitrogen and oxygen atoms in total. The molecular weight excluding hydrogens is 390 g/mol. The largest absolute Gasteiger partial charge is 0.368 e. The standard InChI is InChI=1S/C25H23N3O3/c29-25(15-6-20-4-2-1-3-5-20)21-7-9-22(10-8-21)26-16-18-27(19-17-26)23-11-13-24(14-12-23)28(30)31/h1-2,4,7-14H,6,15-19H2. The summed E-state index contributed by atoms with van der Waals surface area (Å²) < 4.78 is 0. The predicted octanol–water partition coefficient (Wildman–Crippen LogP) is 4.69. The molecule has 0 unspecified atom stereocenters. The van der Waals surface area contributed by atoms with Crippen LogP contribution in [-0.2, 0) is 0 Å². The Labute approximate surface area is 181 Å². The molecule has 1 aliphatic heterocycles. The van der Waals surface area contributed by atoms with Crippen LogP contribution in [0.25, 0.3) is 0 Å². The number of piperazine rings is 1. The Morgan fingerprint density at radius 3 is 2.03 bits per heavy atom. The number of benzene rings is 2. The first-order valence-corrected chi connectivity index (χ1v) is 10.3. The lowest BCUT2D eigenvalue weighted by Gasteiger charge is -2.37. The van der Waals surface area contributed by atoms with Crippen molar-refractivity contribution >= 4 is 22.8 Å². The molecule has 0 saturated carbocycles. The first-order valence-electron chi connectivity index (χ1n) is 10.3. The molecule has 156 valence electrons. The predicted molar refractivity (Wildman–Crippen MR) is 122 cm³/mol. The van der Waals surface area contributed by atoms with Gasteiger partial charge in [0.05, 0.1) is 4.92 Å². The topological polar surface area (TPSA) is 66.7 Å². The highest BCUT2D eigenvalue weighted by molar-refractivity contribution is 5.96. The van der Waals surface area contributed by atoms with Gasteiger partial charge in [0.1, 0.15) is 0 Å². The third-order valence-corrected chi connectivity index (χ3v) is 5.59. The summed E-state index contributed by atoms with van der Waals surface area (Å²) in [5, 5.41) is 10.8. The molecule has 0 bridgehead atoms. The summed E-state index contributed by atoms with van der Waals surface area (Å²) in [7, 11) is 0. The average molecular weight is 413 g/mol. The van der Waals surface area contributed by atoms with Gasteiger partial charge in [-0.1, -0.05) is 17.5 Å². The summed E-state index contributed by atoms with van der Waals surface area (Å²) in [5.74, 6) is 0.131. The lowest BCUT2D eigenvalue weighted by molar-refractivity contribution is -0.384. The van der Waals surface area contributed by atoms with Crippen LogP contribution in [-0.4, -0.2) is 36.9 Å². The number of carbonyl (C=O) groups is 1. The molecule has 31 heavy (non-hydrogen) atoms. The molecule has 1 heterocycles. The van der Waals surface area contributed by atoms with Gasteiger partial charge in [-0.2, -0.15) is 0 Å². The van der Waals surface area contributed by atoms with Gasteiger partial charge < -0.3 is 9.80 Å². The molecule has 2 aliphatic rings. The number of hydrogen-bond acceptors (Lipinski definition) is 5. The van der Waals surface area contributed by atoms with Gasteiger partial charge in [0.2, 0.25) is 0 Å². The number of Topliss-reactive ketones (excluding diaryl/α,β-unsaturated/α-hetero) is 1. The lowest BCUT2D eigenvalue weighted by atomic mass is 10.0. The van der Waals surface area contributed by atoms with E-state index in [0.717, 1.165) is 48.7 Å². The molecule has 1 fully saturated rings. The molecule has 0 N–H and O–H groups in total. The monoisotopic (exact) mass is 413 g/mol. The van der Waals surface area contributed by atoms with Crippen molar-refractivity contribution in [3.63, 3.8) is 0 Å². The second-order valence-electron chi connectivity index (χ2n) is 7.54. The fourth-order valence-corrected chi connectivity index (χ4v) is 3.79. The highest BCUT2D eigenvalue weighted by Crippen LogP contribution is 2.23. The Morgan fingerprint density at radius 2 is 1.52 bits per heavy atom. The molecule has 1 aliphatic carbocycles. The maximum absolute atomic E-state index is 12.5. The van der Waals surface area contributed by atoms with Crippen LogP contribution in [0.5, 0.6) is 0 Å². The minimum atomic E-state index is -0.380. The number of allylic oxidation sites excluding steroid dienone is 4. The van der Waals surface area contributed by atoms with Crippen LogP contribution in [0.1, 0.15) is 23.2 Å². The Balaban J connectivity index is 1.31. The van der Waals surface area contributed by atoms with Crippen LogP contribution in [0.15, 0.2) is 83.8 Å². The van der Waals surface area contributed by atoms with E-state index in [0.29, 0.717) is 12.8 Å². The first kappa shape index (κ1) is 20.4. The highest BCUT2D eigenvalue weighted by atomic mass is 16.6. The lowest BCUT2D eigenvalue weighted by Crippen LogP contribution is -2.46. The Hall–Kier alpha value is -3.85. The van der Waals surface area contributed by atoms with Gasteiger partial charge in [-0.15, -0.1) is 0 Å². The van der Waals surface area contributed by atoms with E-state index in [1.807, 2.05) is 36.4 Å². The zero-order chi connectivity index (χ0) is 21.6.